The molecule has 0 aliphatic heterocycles. The first-order chi connectivity index (χ1) is 8.75. The summed E-state index contributed by atoms with van der Waals surface area (Å²) in [6, 6.07) is 5.28. The maximum Gasteiger partial charge on any atom is 0.352 e. The Kier molecular flexibility index (Phi) is 2.30. The van der Waals surface area contributed by atoms with Crippen molar-refractivity contribution in [2.24, 2.45) is 0 Å². The van der Waals surface area contributed by atoms with Gasteiger partial charge in [0.15, 0.2) is 5.69 Å². The fourth-order valence-corrected chi connectivity index (χ4v) is 1.88. The Bertz CT molecular complexity index is 701. The number of hydrogen-bond acceptors (Lipinski definition) is 4. The molecule has 0 atom stereocenters. The minimum absolute atomic E-state index is 0.000648. The molecule has 0 aliphatic carbocycles. The molecule has 0 aromatic carbocycles. The third-order valence-electron chi connectivity index (χ3n) is 2.64. The SMILES string of the molecule is O=[N+]([O-])c1c(Cn2ccnc2)nc2ccccn12. The normalized spacial score (nSPS) is 10.9. The monoisotopic (exact) mass is 243 g/mol. The summed E-state index contributed by atoms with van der Waals surface area (Å²) < 4.78 is 3.22. The molecule has 0 fully saturated rings. The van der Waals surface area contributed by atoms with E-state index in [1.165, 1.54) is 4.40 Å². The van der Waals surface area contributed by atoms with E-state index in [-0.39, 0.29) is 5.82 Å². The molecule has 3 aromatic heterocycles. The highest BCUT2D eigenvalue weighted by Gasteiger charge is 2.21. The van der Waals surface area contributed by atoms with Crippen LogP contribution in [0.4, 0.5) is 5.82 Å². The lowest BCUT2D eigenvalue weighted by molar-refractivity contribution is -0.391. The largest absolute Gasteiger partial charge is 0.358 e. The van der Waals surface area contributed by atoms with Gasteiger partial charge in [0.05, 0.1) is 19.1 Å². The summed E-state index contributed by atoms with van der Waals surface area (Å²) in [5.74, 6) is -0.000648. The quantitative estimate of drug-likeness (QED) is 0.515. The van der Waals surface area contributed by atoms with E-state index in [4.69, 9.17) is 0 Å². The van der Waals surface area contributed by atoms with E-state index in [1.807, 2.05) is 0 Å². The van der Waals surface area contributed by atoms with E-state index in [2.05, 4.69) is 9.97 Å². The Morgan fingerprint density at radius 2 is 2.22 bits per heavy atom. The van der Waals surface area contributed by atoms with Gasteiger partial charge in [0.1, 0.15) is 0 Å². The van der Waals surface area contributed by atoms with Gasteiger partial charge in [-0.05, 0) is 11.0 Å². The molecule has 3 aromatic rings. The molecule has 0 bridgehead atoms. The summed E-state index contributed by atoms with van der Waals surface area (Å²) in [6.07, 6.45) is 6.61. The molecule has 0 saturated heterocycles. The summed E-state index contributed by atoms with van der Waals surface area (Å²) in [6.45, 7) is 0.331. The first-order valence-corrected chi connectivity index (χ1v) is 5.32. The van der Waals surface area contributed by atoms with Crippen molar-refractivity contribution in [1.29, 1.82) is 0 Å². The fourth-order valence-electron chi connectivity index (χ4n) is 1.88. The maximum atomic E-state index is 11.1. The molecular formula is C11H9N5O2. The molecule has 0 saturated carbocycles. The van der Waals surface area contributed by atoms with Crippen molar-refractivity contribution >= 4 is 11.5 Å². The third kappa shape index (κ3) is 1.61. The fraction of sp³-hybridized carbons (Fsp3) is 0.0909. The Morgan fingerprint density at radius 3 is 2.94 bits per heavy atom. The number of nitro groups is 1. The average Bonchev–Trinajstić information content (AvgIpc) is 2.95. The Labute approximate surface area is 101 Å². The minimum atomic E-state index is -0.410. The van der Waals surface area contributed by atoms with Gasteiger partial charge < -0.3 is 14.7 Å². The van der Waals surface area contributed by atoms with Crippen LogP contribution in [0.3, 0.4) is 0 Å². The summed E-state index contributed by atoms with van der Waals surface area (Å²) in [7, 11) is 0. The van der Waals surface area contributed by atoms with Gasteiger partial charge in [-0.3, -0.25) is 0 Å². The molecule has 90 valence electrons. The molecule has 0 amide bonds. The average molecular weight is 243 g/mol. The topological polar surface area (TPSA) is 78.3 Å². The van der Waals surface area contributed by atoms with Crippen molar-refractivity contribution in [3.63, 3.8) is 0 Å². The van der Waals surface area contributed by atoms with Crippen molar-refractivity contribution in [1.82, 2.24) is 18.9 Å². The molecule has 3 heterocycles. The molecule has 7 heteroatoms. The Balaban J connectivity index is 2.16. The standard InChI is InChI=1S/C11H9N5O2/c17-16(18)11-9(7-14-6-4-12-8-14)13-10-3-1-2-5-15(10)11/h1-6,8H,7H2. The molecule has 0 aliphatic rings. The highest BCUT2D eigenvalue weighted by molar-refractivity contribution is 5.49. The van der Waals surface area contributed by atoms with Crippen LogP contribution in [0.15, 0.2) is 43.1 Å². The number of fused-ring (bicyclic) bond motifs is 1. The van der Waals surface area contributed by atoms with Crippen molar-refractivity contribution in [2.75, 3.05) is 0 Å². The smallest absolute Gasteiger partial charge is 0.352 e. The zero-order chi connectivity index (χ0) is 12.5. The predicted molar refractivity (Wildman–Crippen MR) is 63.2 cm³/mol. The highest BCUT2D eigenvalue weighted by Crippen LogP contribution is 2.21. The third-order valence-corrected chi connectivity index (χ3v) is 2.64. The minimum Gasteiger partial charge on any atom is -0.358 e. The molecular weight excluding hydrogens is 234 g/mol. The second-order valence-corrected chi connectivity index (χ2v) is 3.80. The van der Waals surface area contributed by atoms with Gasteiger partial charge in [0, 0.05) is 18.5 Å². The van der Waals surface area contributed by atoms with Gasteiger partial charge in [-0.15, -0.1) is 0 Å². The molecule has 0 N–H and O–H groups in total. The lowest BCUT2D eigenvalue weighted by Crippen LogP contribution is -2.02. The number of aromatic nitrogens is 4. The zero-order valence-electron chi connectivity index (χ0n) is 9.30. The number of hydrogen-bond donors (Lipinski definition) is 0. The van der Waals surface area contributed by atoms with Crippen molar-refractivity contribution in [3.8, 4) is 0 Å². The van der Waals surface area contributed by atoms with Crippen LogP contribution < -0.4 is 0 Å². The summed E-state index contributed by atoms with van der Waals surface area (Å²) in [5, 5.41) is 11.1. The number of rotatable bonds is 3. The zero-order valence-corrected chi connectivity index (χ0v) is 9.30. The van der Waals surface area contributed by atoms with Gasteiger partial charge in [-0.25, -0.2) is 9.97 Å². The lowest BCUT2D eigenvalue weighted by atomic mass is 10.4. The molecule has 0 spiro atoms. The second-order valence-electron chi connectivity index (χ2n) is 3.80. The van der Waals surface area contributed by atoms with Gasteiger partial charge >= 0.3 is 5.82 Å². The summed E-state index contributed by atoms with van der Waals surface area (Å²) in [5.41, 5.74) is 0.989. The van der Waals surface area contributed by atoms with Crippen LogP contribution in [0.25, 0.3) is 5.65 Å². The van der Waals surface area contributed by atoms with Crippen LogP contribution in [0.1, 0.15) is 5.69 Å². The Morgan fingerprint density at radius 1 is 1.33 bits per heavy atom. The van der Waals surface area contributed by atoms with E-state index >= 15 is 0 Å². The van der Waals surface area contributed by atoms with Crippen LogP contribution in [0.5, 0.6) is 0 Å². The van der Waals surface area contributed by atoms with E-state index in [1.54, 1.807) is 47.7 Å². The van der Waals surface area contributed by atoms with Crippen LogP contribution in [-0.2, 0) is 6.54 Å². The van der Waals surface area contributed by atoms with Crippen molar-refractivity contribution in [3.05, 3.63) is 58.9 Å². The van der Waals surface area contributed by atoms with Gasteiger partial charge in [0.25, 0.3) is 0 Å². The predicted octanol–water partition coefficient (Wildman–Crippen LogP) is 1.49. The van der Waals surface area contributed by atoms with E-state index in [0.29, 0.717) is 17.9 Å². The number of nitrogens with zero attached hydrogens (tertiary/aromatic N) is 5. The summed E-state index contributed by atoms with van der Waals surface area (Å²) in [4.78, 5) is 18.9. The molecule has 0 unspecified atom stereocenters. The van der Waals surface area contributed by atoms with Crippen molar-refractivity contribution in [2.45, 2.75) is 6.54 Å². The maximum absolute atomic E-state index is 11.1. The first kappa shape index (κ1) is 10.5. The van der Waals surface area contributed by atoms with E-state index < -0.39 is 4.92 Å². The highest BCUT2D eigenvalue weighted by atomic mass is 16.6. The second kappa shape index (κ2) is 3.95. The first-order valence-electron chi connectivity index (χ1n) is 5.32. The molecule has 7 nitrogen and oxygen atoms in total. The Hall–Kier alpha value is -2.70. The van der Waals surface area contributed by atoms with Crippen LogP contribution >= 0.6 is 0 Å². The van der Waals surface area contributed by atoms with Gasteiger partial charge in [-0.2, -0.15) is 4.40 Å². The van der Waals surface area contributed by atoms with Gasteiger partial charge in [-0.1, -0.05) is 6.07 Å². The van der Waals surface area contributed by atoms with E-state index in [9.17, 15) is 10.1 Å². The number of pyridine rings is 1. The lowest BCUT2D eigenvalue weighted by Gasteiger charge is -1.99. The van der Waals surface area contributed by atoms with Crippen LogP contribution in [0, 0.1) is 10.1 Å². The van der Waals surface area contributed by atoms with E-state index in [0.717, 1.165) is 0 Å². The molecule has 0 radical (unpaired) electrons. The van der Waals surface area contributed by atoms with Gasteiger partial charge in [0.2, 0.25) is 5.65 Å². The van der Waals surface area contributed by atoms with Crippen LogP contribution in [-0.4, -0.2) is 23.9 Å². The molecule has 3 rings (SSSR count). The van der Waals surface area contributed by atoms with Crippen LogP contribution in [0.2, 0.25) is 0 Å². The van der Waals surface area contributed by atoms with Crippen molar-refractivity contribution < 1.29 is 4.92 Å². The number of imidazole rings is 2. The summed E-state index contributed by atoms with van der Waals surface area (Å²) >= 11 is 0. The molecule has 18 heavy (non-hydrogen) atoms.